The number of aromatic nitrogens is 2. The molecule has 2 atom stereocenters. The number of hydrogen-bond donors (Lipinski definition) is 2. The molecule has 0 radical (unpaired) electrons. The van der Waals surface area contributed by atoms with E-state index in [1.807, 2.05) is 23.7 Å². The summed E-state index contributed by atoms with van der Waals surface area (Å²) >= 11 is 0. The van der Waals surface area contributed by atoms with Crippen molar-refractivity contribution in [2.75, 3.05) is 0 Å². The highest BCUT2D eigenvalue weighted by atomic mass is 16.3. The van der Waals surface area contributed by atoms with Gasteiger partial charge < -0.3 is 10.2 Å². The molecule has 0 bridgehead atoms. The molecule has 0 aliphatic carbocycles. The van der Waals surface area contributed by atoms with E-state index in [0.29, 0.717) is 17.1 Å². The molecule has 2 rings (SSSR count). The number of unbranched alkanes of at least 4 members (excludes halogenated alkanes) is 2. The Balaban J connectivity index is 2.56. The summed E-state index contributed by atoms with van der Waals surface area (Å²) in [5, 5.41) is 25.6. The van der Waals surface area contributed by atoms with Crippen LogP contribution in [0.15, 0.2) is 41.9 Å². The van der Waals surface area contributed by atoms with Crippen molar-refractivity contribution in [1.82, 2.24) is 9.78 Å². The largest absolute Gasteiger partial charge is 0.508 e. The summed E-state index contributed by atoms with van der Waals surface area (Å²) in [5.74, 6) is 0.195. The number of phenols is 1. The van der Waals surface area contributed by atoms with Gasteiger partial charge in [-0.25, -0.2) is 4.99 Å². The molecule has 2 N–H and O–H groups in total. The molecule has 0 aliphatic rings. The van der Waals surface area contributed by atoms with E-state index in [-0.39, 0.29) is 11.8 Å². The lowest BCUT2D eigenvalue weighted by Crippen LogP contribution is -2.13. The van der Waals surface area contributed by atoms with E-state index in [4.69, 9.17) is 5.10 Å². The Labute approximate surface area is 161 Å². The first kappa shape index (κ1) is 20.9. The fourth-order valence-electron chi connectivity index (χ4n) is 3.17. The molecule has 1 aromatic heterocycles. The van der Waals surface area contributed by atoms with Crippen LogP contribution >= 0.6 is 0 Å². The summed E-state index contributed by atoms with van der Waals surface area (Å²) < 4.78 is 2.02. The second kappa shape index (κ2) is 9.51. The summed E-state index contributed by atoms with van der Waals surface area (Å²) in [7, 11) is 0. The van der Waals surface area contributed by atoms with Crippen LogP contribution in [0.5, 0.6) is 5.75 Å². The van der Waals surface area contributed by atoms with Crippen molar-refractivity contribution in [3.05, 3.63) is 42.6 Å². The number of aromatic hydroxyl groups is 1. The Morgan fingerprint density at radius 2 is 2.07 bits per heavy atom. The molecule has 0 fully saturated rings. The van der Waals surface area contributed by atoms with Gasteiger partial charge in [0, 0.05) is 11.4 Å². The second-order valence-corrected chi connectivity index (χ2v) is 6.93. The first-order chi connectivity index (χ1) is 12.9. The van der Waals surface area contributed by atoms with Crippen LogP contribution in [0.25, 0.3) is 16.6 Å². The van der Waals surface area contributed by atoms with E-state index in [1.165, 1.54) is 12.8 Å². The Hall–Kier alpha value is -2.40. The van der Waals surface area contributed by atoms with Crippen molar-refractivity contribution in [3.63, 3.8) is 0 Å². The lowest BCUT2D eigenvalue weighted by Gasteiger charge is -2.13. The SMILES string of the molecule is C=C/C(=N\C(=C/C)c1nn(C(C)CCCCC)c2ccc(O)cc12)C(C)O. The summed E-state index contributed by atoms with van der Waals surface area (Å²) in [6, 6.07) is 5.56. The van der Waals surface area contributed by atoms with Crippen LogP contribution in [0.2, 0.25) is 0 Å². The normalized spacial score (nSPS) is 15.1. The minimum Gasteiger partial charge on any atom is -0.508 e. The van der Waals surface area contributed by atoms with Crippen molar-refractivity contribution in [3.8, 4) is 5.75 Å². The number of aliphatic hydroxyl groups is 1. The van der Waals surface area contributed by atoms with Crippen LogP contribution in [0.1, 0.15) is 65.1 Å². The number of aliphatic imine (C=N–C) groups is 1. The molecular weight excluding hydrogens is 338 g/mol. The first-order valence-corrected chi connectivity index (χ1v) is 9.69. The number of aliphatic hydroxyl groups excluding tert-OH is 1. The molecule has 0 aliphatic heterocycles. The van der Waals surface area contributed by atoms with Crippen LogP contribution in [0, 0.1) is 0 Å². The molecule has 0 saturated heterocycles. The maximum absolute atomic E-state index is 10.00. The van der Waals surface area contributed by atoms with Gasteiger partial charge in [0.05, 0.1) is 23.0 Å². The van der Waals surface area contributed by atoms with Gasteiger partial charge in [0.25, 0.3) is 0 Å². The molecule has 27 heavy (non-hydrogen) atoms. The van der Waals surface area contributed by atoms with Crippen molar-refractivity contribution in [2.45, 2.75) is 65.5 Å². The molecule has 146 valence electrons. The van der Waals surface area contributed by atoms with E-state index >= 15 is 0 Å². The monoisotopic (exact) mass is 369 g/mol. The fraction of sp³-hybridized carbons (Fsp3) is 0.455. The zero-order valence-electron chi connectivity index (χ0n) is 16.8. The van der Waals surface area contributed by atoms with Gasteiger partial charge in [-0.3, -0.25) is 4.68 Å². The average molecular weight is 370 g/mol. The number of nitrogens with zero attached hydrogens (tertiary/aromatic N) is 3. The summed E-state index contributed by atoms with van der Waals surface area (Å²) in [6.07, 6.45) is 7.30. The number of fused-ring (bicyclic) bond motifs is 1. The van der Waals surface area contributed by atoms with Crippen molar-refractivity contribution in [1.29, 1.82) is 0 Å². The molecule has 5 heteroatoms. The molecular formula is C22H31N3O2. The topological polar surface area (TPSA) is 70.6 Å². The van der Waals surface area contributed by atoms with Gasteiger partial charge in [-0.2, -0.15) is 5.10 Å². The Morgan fingerprint density at radius 3 is 2.67 bits per heavy atom. The van der Waals surface area contributed by atoms with Crippen molar-refractivity contribution in [2.24, 2.45) is 4.99 Å². The summed E-state index contributed by atoms with van der Waals surface area (Å²) in [4.78, 5) is 4.56. The maximum Gasteiger partial charge on any atom is 0.118 e. The third-order valence-electron chi connectivity index (χ3n) is 4.74. The number of benzene rings is 1. The third kappa shape index (κ3) is 4.86. The number of hydrogen-bond acceptors (Lipinski definition) is 4. The van der Waals surface area contributed by atoms with E-state index < -0.39 is 6.10 Å². The van der Waals surface area contributed by atoms with Gasteiger partial charge in [-0.05, 0) is 51.5 Å². The fourth-order valence-corrected chi connectivity index (χ4v) is 3.17. The van der Waals surface area contributed by atoms with E-state index in [0.717, 1.165) is 23.7 Å². The minimum absolute atomic E-state index is 0.195. The number of phenolic OH excluding ortho intramolecular Hbond substituents is 1. The summed E-state index contributed by atoms with van der Waals surface area (Å²) in [5.41, 5.74) is 2.81. The highest BCUT2D eigenvalue weighted by Gasteiger charge is 2.18. The minimum atomic E-state index is -0.716. The predicted octanol–water partition coefficient (Wildman–Crippen LogP) is 5.25. The lowest BCUT2D eigenvalue weighted by molar-refractivity contribution is 0.263. The van der Waals surface area contributed by atoms with Crippen molar-refractivity contribution < 1.29 is 10.2 Å². The molecule has 1 heterocycles. The zero-order valence-corrected chi connectivity index (χ0v) is 16.8. The average Bonchev–Trinajstić information content (AvgIpc) is 3.01. The number of allylic oxidation sites excluding steroid dienone is 1. The highest BCUT2D eigenvalue weighted by Crippen LogP contribution is 2.31. The highest BCUT2D eigenvalue weighted by molar-refractivity contribution is 6.02. The van der Waals surface area contributed by atoms with E-state index in [1.54, 1.807) is 25.1 Å². The zero-order chi connectivity index (χ0) is 20.0. The Kier molecular flexibility index (Phi) is 7.36. The van der Waals surface area contributed by atoms with Crippen molar-refractivity contribution >= 4 is 22.3 Å². The van der Waals surface area contributed by atoms with Gasteiger partial charge in [0.1, 0.15) is 11.4 Å². The first-order valence-electron chi connectivity index (χ1n) is 9.69. The van der Waals surface area contributed by atoms with Gasteiger partial charge in [-0.1, -0.05) is 38.8 Å². The molecule has 1 aromatic carbocycles. The van der Waals surface area contributed by atoms with Gasteiger partial charge in [0.15, 0.2) is 0 Å². The molecule has 2 aromatic rings. The van der Waals surface area contributed by atoms with Crippen LogP contribution in [0.3, 0.4) is 0 Å². The van der Waals surface area contributed by atoms with Gasteiger partial charge >= 0.3 is 0 Å². The van der Waals surface area contributed by atoms with E-state index in [2.05, 4.69) is 25.4 Å². The van der Waals surface area contributed by atoms with Crippen LogP contribution in [-0.4, -0.2) is 31.8 Å². The molecule has 0 saturated carbocycles. The standard InChI is InChI=1S/C22H31N3O2/c1-6-9-10-11-15(4)25-21-13-12-17(27)14-18(21)22(24-25)20(8-3)23-19(7-2)16(5)26/h7-8,12-16,26-27H,2,6,9-11H2,1,3-5H3/b20-8-,23-19+. The quantitative estimate of drug-likeness (QED) is 0.468. The molecule has 2 unspecified atom stereocenters. The third-order valence-corrected chi connectivity index (χ3v) is 4.74. The van der Waals surface area contributed by atoms with Gasteiger partial charge in [0.2, 0.25) is 0 Å². The Morgan fingerprint density at radius 1 is 1.33 bits per heavy atom. The second-order valence-electron chi connectivity index (χ2n) is 6.93. The van der Waals surface area contributed by atoms with Crippen LogP contribution in [-0.2, 0) is 0 Å². The maximum atomic E-state index is 10.00. The smallest absolute Gasteiger partial charge is 0.118 e. The van der Waals surface area contributed by atoms with Crippen LogP contribution < -0.4 is 0 Å². The lowest BCUT2D eigenvalue weighted by atomic mass is 10.1. The van der Waals surface area contributed by atoms with E-state index in [9.17, 15) is 10.2 Å². The molecule has 0 amide bonds. The molecule has 5 nitrogen and oxygen atoms in total. The van der Waals surface area contributed by atoms with Gasteiger partial charge in [-0.15, -0.1) is 0 Å². The number of rotatable bonds is 9. The summed E-state index contributed by atoms with van der Waals surface area (Å²) in [6.45, 7) is 11.6. The Bertz CT molecular complexity index is 847. The molecule has 0 spiro atoms. The van der Waals surface area contributed by atoms with Crippen LogP contribution in [0.4, 0.5) is 0 Å². The predicted molar refractivity (Wildman–Crippen MR) is 113 cm³/mol.